The molecule has 7 heteroatoms. The molecular formula is C21H33N3O3S. The van der Waals surface area contributed by atoms with Crippen molar-refractivity contribution in [1.29, 1.82) is 0 Å². The van der Waals surface area contributed by atoms with Crippen molar-refractivity contribution in [3.05, 3.63) is 29.3 Å². The van der Waals surface area contributed by atoms with Gasteiger partial charge in [-0.3, -0.25) is 4.79 Å². The predicted molar refractivity (Wildman–Crippen MR) is 111 cm³/mol. The molecule has 2 atom stereocenters. The molecule has 2 aliphatic rings. The third-order valence-electron chi connectivity index (χ3n) is 5.54. The first kappa shape index (κ1) is 21.3. The van der Waals surface area contributed by atoms with Crippen molar-refractivity contribution in [1.82, 2.24) is 14.9 Å². The van der Waals surface area contributed by atoms with Crippen molar-refractivity contribution < 1.29 is 13.2 Å². The zero-order chi connectivity index (χ0) is 20.3. The molecule has 6 nitrogen and oxygen atoms in total. The van der Waals surface area contributed by atoms with Crippen LogP contribution in [0.3, 0.4) is 0 Å². The Kier molecular flexibility index (Phi) is 6.78. The monoisotopic (exact) mass is 407 g/mol. The Bertz CT molecular complexity index is 795. The minimum atomic E-state index is -3.56. The number of carbonyl (C=O) groups is 1. The molecule has 0 aromatic heterocycles. The van der Waals surface area contributed by atoms with Crippen LogP contribution in [0.15, 0.2) is 23.1 Å². The molecule has 0 bridgehead atoms. The summed E-state index contributed by atoms with van der Waals surface area (Å²) in [6.45, 7) is 10.3. The standard InChI is InChI=1S/C21H33N3O3S/c1-15-11-16(2)14-24(13-15)10-4-9-22-21(25)20-12-19(8-5-17(20)3)28(26,27)23-18-6-7-18/h5,8,12,15-16,18,23H,4,6-7,9-11,13-14H2,1-3H3,(H,22,25). The second-order valence-electron chi connectivity index (χ2n) is 8.69. The predicted octanol–water partition coefficient (Wildman–Crippen LogP) is 2.53. The second kappa shape index (κ2) is 8.93. The van der Waals surface area contributed by atoms with Crippen LogP contribution in [0, 0.1) is 18.8 Å². The molecule has 1 aliphatic heterocycles. The largest absolute Gasteiger partial charge is 0.352 e. The third-order valence-corrected chi connectivity index (χ3v) is 7.06. The molecule has 2 fully saturated rings. The van der Waals surface area contributed by atoms with E-state index in [0.717, 1.165) is 56.3 Å². The molecule has 2 unspecified atom stereocenters. The highest BCUT2D eigenvalue weighted by Gasteiger charge is 2.28. The van der Waals surface area contributed by atoms with Crippen LogP contribution in [-0.4, -0.2) is 51.4 Å². The lowest BCUT2D eigenvalue weighted by Crippen LogP contribution is -2.40. The van der Waals surface area contributed by atoms with Crippen LogP contribution in [0.2, 0.25) is 0 Å². The molecule has 3 rings (SSSR count). The number of hydrogen-bond acceptors (Lipinski definition) is 4. The lowest BCUT2D eigenvalue weighted by atomic mass is 9.92. The average Bonchev–Trinajstić information content (AvgIpc) is 3.41. The summed E-state index contributed by atoms with van der Waals surface area (Å²) in [7, 11) is -3.56. The van der Waals surface area contributed by atoms with Crippen LogP contribution in [0.25, 0.3) is 0 Å². The molecule has 2 N–H and O–H groups in total. The number of carbonyl (C=O) groups excluding carboxylic acids is 1. The third kappa shape index (κ3) is 5.78. The number of likely N-dealkylation sites (tertiary alicyclic amines) is 1. The number of hydrogen-bond donors (Lipinski definition) is 2. The van der Waals surface area contributed by atoms with E-state index < -0.39 is 10.0 Å². The number of piperidine rings is 1. The van der Waals surface area contributed by atoms with E-state index in [1.807, 2.05) is 6.92 Å². The van der Waals surface area contributed by atoms with E-state index in [4.69, 9.17) is 0 Å². The van der Waals surface area contributed by atoms with Gasteiger partial charge in [0.2, 0.25) is 10.0 Å². The lowest BCUT2D eigenvalue weighted by Gasteiger charge is -2.34. The van der Waals surface area contributed by atoms with Crippen LogP contribution < -0.4 is 10.0 Å². The van der Waals surface area contributed by atoms with Gasteiger partial charge < -0.3 is 10.2 Å². The quantitative estimate of drug-likeness (QED) is 0.649. The minimum absolute atomic E-state index is 0.0452. The van der Waals surface area contributed by atoms with E-state index in [1.54, 1.807) is 12.1 Å². The Morgan fingerprint density at radius 2 is 1.86 bits per heavy atom. The summed E-state index contributed by atoms with van der Waals surface area (Å²) in [6.07, 6.45) is 3.95. The van der Waals surface area contributed by atoms with E-state index in [1.165, 1.54) is 12.5 Å². The highest BCUT2D eigenvalue weighted by atomic mass is 32.2. The number of aryl methyl sites for hydroxylation is 1. The van der Waals surface area contributed by atoms with E-state index >= 15 is 0 Å². The van der Waals surface area contributed by atoms with Gasteiger partial charge in [-0.1, -0.05) is 19.9 Å². The summed E-state index contributed by atoms with van der Waals surface area (Å²) in [5, 5.41) is 2.95. The second-order valence-corrected chi connectivity index (χ2v) is 10.4. The van der Waals surface area contributed by atoms with Crippen LogP contribution >= 0.6 is 0 Å². The Hall–Kier alpha value is -1.44. The van der Waals surface area contributed by atoms with Gasteiger partial charge in [-0.2, -0.15) is 0 Å². The Morgan fingerprint density at radius 1 is 1.18 bits per heavy atom. The molecule has 156 valence electrons. The van der Waals surface area contributed by atoms with Crippen molar-refractivity contribution in [2.45, 2.75) is 57.4 Å². The molecular weight excluding hydrogens is 374 g/mol. The lowest BCUT2D eigenvalue weighted by molar-refractivity contribution is 0.0946. The molecule has 1 heterocycles. The molecule has 1 saturated carbocycles. The van der Waals surface area contributed by atoms with E-state index in [0.29, 0.717) is 12.1 Å². The fraction of sp³-hybridized carbons (Fsp3) is 0.667. The zero-order valence-corrected chi connectivity index (χ0v) is 18.0. The summed E-state index contributed by atoms with van der Waals surface area (Å²) >= 11 is 0. The van der Waals surface area contributed by atoms with Gasteiger partial charge in [0.1, 0.15) is 0 Å². The van der Waals surface area contributed by atoms with Crippen molar-refractivity contribution >= 4 is 15.9 Å². The van der Waals surface area contributed by atoms with Crippen molar-refractivity contribution in [2.75, 3.05) is 26.2 Å². The van der Waals surface area contributed by atoms with Gasteiger partial charge >= 0.3 is 0 Å². The van der Waals surface area contributed by atoms with Crippen LogP contribution in [0.4, 0.5) is 0 Å². The van der Waals surface area contributed by atoms with Gasteiger partial charge in [-0.15, -0.1) is 0 Å². The summed E-state index contributed by atoms with van der Waals surface area (Å²) in [4.78, 5) is 15.2. The van der Waals surface area contributed by atoms with Gasteiger partial charge in [-0.05, 0) is 68.7 Å². The number of benzene rings is 1. The number of nitrogens with zero attached hydrogens (tertiary/aromatic N) is 1. The van der Waals surface area contributed by atoms with E-state index in [9.17, 15) is 13.2 Å². The van der Waals surface area contributed by atoms with Crippen LogP contribution in [0.1, 0.15) is 55.5 Å². The van der Waals surface area contributed by atoms with Crippen LogP contribution in [-0.2, 0) is 10.0 Å². The summed E-state index contributed by atoms with van der Waals surface area (Å²) < 4.78 is 27.5. The van der Waals surface area contributed by atoms with Gasteiger partial charge in [0.05, 0.1) is 4.90 Å². The number of rotatable bonds is 8. The molecule has 1 aliphatic carbocycles. The number of nitrogens with one attached hydrogen (secondary N) is 2. The van der Waals surface area contributed by atoms with Gasteiger partial charge in [-0.25, -0.2) is 13.1 Å². The Balaban J connectivity index is 1.53. The topological polar surface area (TPSA) is 78.5 Å². The van der Waals surface area contributed by atoms with Crippen LogP contribution in [0.5, 0.6) is 0 Å². The highest BCUT2D eigenvalue weighted by Crippen LogP contribution is 2.23. The minimum Gasteiger partial charge on any atom is -0.352 e. The SMILES string of the molecule is Cc1ccc(S(=O)(=O)NC2CC2)cc1C(=O)NCCCN1CC(C)CC(C)C1. The molecule has 1 amide bonds. The summed E-state index contributed by atoms with van der Waals surface area (Å²) in [5.41, 5.74) is 1.21. The molecule has 1 saturated heterocycles. The smallest absolute Gasteiger partial charge is 0.251 e. The van der Waals surface area contributed by atoms with E-state index in [-0.39, 0.29) is 16.8 Å². The van der Waals surface area contributed by atoms with Crippen molar-refractivity contribution in [2.24, 2.45) is 11.8 Å². The number of amides is 1. The Morgan fingerprint density at radius 3 is 2.50 bits per heavy atom. The fourth-order valence-corrected chi connectivity index (χ4v) is 5.41. The first-order chi connectivity index (χ1) is 13.2. The van der Waals surface area contributed by atoms with Gasteiger partial charge in [0.25, 0.3) is 5.91 Å². The maximum absolute atomic E-state index is 12.6. The zero-order valence-electron chi connectivity index (χ0n) is 17.2. The van der Waals surface area contributed by atoms with Gasteiger partial charge in [0, 0.05) is 31.2 Å². The average molecular weight is 408 g/mol. The van der Waals surface area contributed by atoms with Gasteiger partial charge in [0.15, 0.2) is 0 Å². The number of sulfonamides is 1. The molecule has 1 aromatic rings. The first-order valence-corrected chi connectivity index (χ1v) is 11.9. The van der Waals surface area contributed by atoms with Crippen molar-refractivity contribution in [3.8, 4) is 0 Å². The molecule has 0 radical (unpaired) electrons. The molecule has 0 spiro atoms. The summed E-state index contributed by atoms with van der Waals surface area (Å²) in [5.74, 6) is 1.26. The summed E-state index contributed by atoms with van der Waals surface area (Å²) in [6, 6.07) is 4.80. The van der Waals surface area contributed by atoms with Crippen molar-refractivity contribution in [3.63, 3.8) is 0 Å². The molecule has 28 heavy (non-hydrogen) atoms. The fourth-order valence-electron chi connectivity index (χ4n) is 4.08. The van der Waals surface area contributed by atoms with E-state index in [2.05, 4.69) is 28.8 Å². The highest BCUT2D eigenvalue weighted by molar-refractivity contribution is 7.89. The first-order valence-electron chi connectivity index (χ1n) is 10.4. The normalized spacial score (nSPS) is 23.5. The molecule has 1 aromatic carbocycles. The maximum Gasteiger partial charge on any atom is 0.251 e. The Labute approximate surface area is 169 Å². The maximum atomic E-state index is 12.6.